The molecule has 0 aliphatic heterocycles. The van der Waals surface area contributed by atoms with E-state index in [9.17, 15) is 4.79 Å². The summed E-state index contributed by atoms with van der Waals surface area (Å²) in [5, 5.41) is 2.81. The number of rotatable bonds is 2. The van der Waals surface area contributed by atoms with Crippen LogP contribution in [0.15, 0.2) is 54.7 Å². The minimum absolute atomic E-state index is 0.0629. The largest absolute Gasteiger partial charge is 0.326 e. The predicted molar refractivity (Wildman–Crippen MR) is 90.3 cm³/mol. The molecule has 0 radical (unpaired) electrons. The molecule has 2 heterocycles. The molecular weight excluding hydrogens is 294 g/mol. The van der Waals surface area contributed by atoms with Crippen molar-refractivity contribution in [3.8, 4) is 11.3 Å². The van der Waals surface area contributed by atoms with Crippen LogP contribution in [0.25, 0.3) is 26.4 Å². The molecule has 0 bridgehead atoms. The Morgan fingerprint density at radius 3 is 2.77 bits per heavy atom. The van der Waals surface area contributed by atoms with E-state index in [2.05, 4.69) is 28.0 Å². The lowest BCUT2D eigenvalue weighted by molar-refractivity contribution is -0.114. The topological polar surface area (TPSA) is 46.4 Å². The van der Waals surface area contributed by atoms with Gasteiger partial charge >= 0.3 is 0 Å². The van der Waals surface area contributed by atoms with Crippen LogP contribution in [0.4, 0.5) is 5.69 Å². The van der Waals surface area contributed by atoms with Crippen LogP contribution < -0.4 is 5.32 Å². The summed E-state index contributed by atoms with van der Waals surface area (Å²) in [6, 6.07) is 16.1. The Labute approximate surface area is 131 Å². The number of aromatic nitrogens is 2. The van der Waals surface area contributed by atoms with Gasteiger partial charge in [-0.15, -0.1) is 0 Å². The van der Waals surface area contributed by atoms with E-state index in [4.69, 9.17) is 4.98 Å². The van der Waals surface area contributed by atoms with Crippen molar-refractivity contribution < 1.29 is 4.79 Å². The maximum Gasteiger partial charge on any atom is 0.221 e. The van der Waals surface area contributed by atoms with Crippen LogP contribution >= 0.6 is 11.3 Å². The average Bonchev–Trinajstić information content (AvgIpc) is 3.04. The molecule has 4 rings (SSSR count). The number of benzene rings is 2. The van der Waals surface area contributed by atoms with Gasteiger partial charge in [0.25, 0.3) is 0 Å². The third kappa shape index (κ3) is 2.16. The summed E-state index contributed by atoms with van der Waals surface area (Å²) in [5.41, 5.74) is 4.00. The van der Waals surface area contributed by atoms with Crippen molar-refractivity contribution in [1.29, 1.82) is 0 Å². The molecule has 0 aliphatic carbocycles. The fraction of sp³-hybridized carbons (Fsp3) is 0.0588. The summed E-state index contributed by atoms with van der Waals surface area (Å²) in [7, 11) is 0. The van der Waals surface area contributed by atoms with Crippen LogP contribution in [0.5, 0.6) is 0 Å². The molecule has 0 fully saturated rings. The Morgan fingerprint density at radius 2 is 2.00 bits per heavy atom. The lowest BCUT2D eigenvalue weighted by Gasteiger charge is -2.01. The molecule has 0 unspecified atom stereocenters. The van der Waals surface area contributed by atoms with E-state index in [1.54, 1.807) is 11.3 Å². The van der Waals surface area contributed by atoms with Crippen LogP contribution in [0.2, 0.25) is 0 Å². The van der Waals surface area contributed by atoms with Gasteiger partial charge in [0.05, 0.1) is 15.9 Å². The molecule has 0 saturated heterocycles. The summed E-state index contributed by atoms with van der Waals surface area (Å²) in [5.74, 6) is -0.0629. The van der Waals surface area contributed by atoms with Crippen LogP contribution in [0.1, 0.15) is 6.92 Å². The molecule has 5 heteroatoms. The third-order valence-corrected chi connectivity index (χ3v) is 4.50. The Hall–Kier alpha value is -2.66. The average molecular weight is 307 g/mol. The van der Waals surface area contributed by atoms with E-state index in [0.717, 1.165) is 32.1 Å². The van der Waals surface area contributed by atoms with Gasteiger partial charge in [-0.3, -0.25) is 9.20 Å². The lowest BCUT2D eigenvalue weighted by atomic mass is 10.2. The maximum absolute atomic E-state index is 11.1. The van der Waals surface area contributed by atoms with Crippen molar-refractivity contribution in [3.05, 3.63) is 54.7 Å². The molecule has 0 saturated carbocycles. The monoisotopic (exact) mass is 307 g/mol. The van der Waals surface area contributed by atoms with Crippen molar-refractivity contribution in [2.75, 3.05) is 5.32 Å². The fourth-order valence-electron chi connectivity index (χ4n) is 2.53. The zero-order chi connectivity index (χ0) is 15.1. The Bertz CT molecular complexity index is 985. The van der Waals surface area contributed by atoms with Crippen LogP contribution in [-0.2, 0) is 4.79 Å². The number of hydrogen-bond donors (Lipinski definition) is 1. The first-order valence-corrected chi connectivity index (χ1v) is 7.77. The molecule has 0 spiro atoms. The normalized spacial score (nSPS) is 11.1. The number of thiazole rings is 1. The fourth-order valence-corrected chi connectivity index (χ4v) is 3.58. The summed E-state index contributed by atoms with van der Waals surface area (Å²) in [4.78, 5) is 16.8. The molecule has 108 valence electrons. The minimum Gasteiger partial charge on any atom is -0.326 e. The highest BCUT2D eigenvalue weighted by Gasteiger charge is 2.10. The zero-order valence-corrected chi connectivity index (χ0v) is 12.7. The SMILES string of the molecule is CC(=O)Nc1ccc2c(c1)sc1nc(-c3ccccc3)cn12. The van der Waals surface area contributed by atoms with E-state index >= 15 is 0 Å². The Kier molecular flexibility index (Phi) is 2.94. The lowest BCUT2D eigenvalue weighted by Crippen LogP contribution is -2.05. The predicted octanol–water partition coefficient (Wildman–Crippen LogP) is 4.17. The highest BCUT2D eigenvalue weighted by Crippen LogP contribution is 2.31. The van der Waals surface area contributed by atoms with Crippen molar-refractivity contribution in [2.24, 2.45) is 0 Å². The Balaban J connectivity index is 1.83. The minimum atomic E-state index is -0.0629. The molecule has 2 aromatic carbocycles. The molecular formula is C17H13N3OS. The summed E-state index contributed by atoms with van der Waals surface area (Å²) < 4.78 is 3.20. The molecule has 1 N–H and O–H groups in total. The van der Waals surface area contributed by atoms with Gasteiger partial charge in [0.2, 0.25) is 5.91 Å². The zero-order valence-electron chi connectivity index (χ0n) is 11.9. The number of nitrogens with zero attached hydrogens (tertiary/aromatic N) is 2. The third-order valence-electron chi connectivity index (χ3n) is 3.48. The number of anilines is 1. The second kappa shape index (κ2) is 4.96. The van der Waals surface area contributed by atoms with Crippen molar-refractivity contribution in [1.82, 2.24) is 9.38 Å². The first kappa shape index (κ1) is 13.0. The molecule has 1 amide bonds. The highest BCUT2D eigenvalue weighted by atomic mass is 32.1. The van der Waals surface area contributed by atoms with Crippen molar-refractivity contribution in [2.45, 2.75) is 6.92 Å². The van der Waals surface area contributed by atoms with E-state index < -0.39 is 0 Å². The number of carbonyl (C=O) groups excluding carboxylic acids is 1. The first-order chi connectivity index (χ1) is 10.7. The first-order valence-electron chi connectivity index (χ1n) is 6.95. The van der Waals surface area contributed by atoms with E-state index in [1.807, 2.05) is 36.4 Å². The quantitative estimate of drug-likeness (QED) is 0.604. The van der Waals surface area contributed by atoms with E-state index in [1.165, 1.54) is 6.92 Å². The van der Waals surface area contributed by atoms with Gasteiger partial charge in [0.15, 0.2) is 4.96 Å². The van der Waals surface area contributed by atoms with Gasteiger partial charge in [-0.1, -0.05) is 41.7 Å². The summed E-state index contributed by atoms with van der Waals surface area (Å²) in [6.07, 6.45) is 2.06. The highest BCUT2D eigenvalue weighted by molar-refractivity contribution is 7.23. The molecule has 0 aliphatic rings. The van der Waals surface area contributed by atoms with Gasteiger partial charge in [-0.25, -0.2) is 4.98 Å². The molecule has 2 aromatic heterocycles. The number of carbonyl (C=O) groups is 1. The molecule has 4 aromatic rings. The van der Waals surface area contributed by atoms with Gasteiger partial charge in [-0.05, 0) is 18.2 Å². The van der Waals surface area contributed by atoms with Crippen molar-refractivity contribution in [3.63, 3.8) is 0 Å². The van der Waals surface area contributed by atoms with Gasteiger partial charge in [0.1, 0.15) is 0 Å². The second-order valence-corrected chi connectivity index (χ2v) is 6.12. The van der Waals surface area contributed by atoms with Crippen LogP contribution in [0, 0.1) is 0 Å². The van der Waals surface area contributed by atoms with E-state index in [0.29, 0.717) is 0 Å². The number of imidazole rings is 1. The Morgan fingerprint density at radius 1 is 1.18 bits per heavy atom. The van der Waals surface area contributed by atoms with E-state index in [-0.39, 0.29) is 5.91 Å². The number of hydrogen-bond acceptors (Lipinski definition) is 3. The van der Waals surface area contributed by atoms with Crippen LogP contribution in [0.3, 0.4) is 0 Å². The summed E-state index contributed by atoms with van der Waals surface area (Å²) >= 11 is 1.62. The number of nitrogens with one attached hydrogen (secondary N) is 1. The smallest absolute Gasteiger partial charge is 0.221 e. The second-order valence-electron chi connectivity index (χ2n) is 5.11. The van der Waals surface area contributed by atoms with Crippen LogP contribution in [-0.4, -0.2) is 15.3 Å². The number of amides is 1. The number of fused-ring (bicyclic) bond motifs is 3. The standard InChI is InChI=1S/C17H13N3OS/c1-11(21)18-13-7-8-15-16(9-13)22-17-19-14(10-20(15)17)12-5-3-2-4-6-12/h2-10H,1H3,(H,18,21). The van der Waals surface area contributed by atoms with Gasteiger partial charge in [0, 0.05) is 24.4 Å². The molecule has 22 heavy (non-hydrogen) atoms. The van der Waals surface area contributed by atoms with Crippen molar-refractivity contribution >= 4 is 38.1 Å². The molecule has 4 nitrogen and oxygen atoms in total. The van der Waals surface area contributed by atoms with Gasteiger partial charge < -0.3 is 5.32 Å². The summed E-state index contributed by atoms with van der Waals surface area (Å²) in [6.45, 7) is 1.51. The van der Waals surface area contributed by atoms with Gasteiger partial charge in [-0.2, -0.15) is 0 Å². The maximum atomic E-state index is 11.1. The molecule has 0 atom stereocenters.